The fraction of sp³-hybridized carbons (Fsp3) is 0.647. The number of hydrogen-bond acceptors (Lipinski definition) is 4. The summed E-state index contributed by atoms with van der Waals surface area (Å²) in [4.78, 5) is 2.52. The molecule has 3 rings (SSSR count). The van der Waals surface area contributed by atoms with E-state index in [0.717, 1.165) is 45.5 Å². The van der Waals surface area contributed by atoms with E-state index in [4.69, 9.17) is 4.74 Å². The van der Waals surface area contributed by atoms with Crippen molar-refractivity contribution in [3.8, 4) is 0 Å². The van der Waals surface area contributed by atoms with Gasteiger partial charge in [-0.05, 0) is 37.9 Å². The molecule has 0 spiro atoms. The van der Waals surface area contributed by atoms with Crippen LogP contribution < -0.4 is 5.32 Å². The quantitative estimate of drug-likeness (QED) is 0.860. The zero-order valence-electron chi connectivity index (χ0n) is 12.6. The predicted molar refractivity (Wildman–Crippen MR) is 83.1 cm³/mol. The number of rotatable bonds is 5. The fourth-order valence-corrected chi connectivity index (χ4v) is 3.40. The Hall–Kier alpha value is -0.940. The van der Waals surface area contributed by atoms with Gasteiger partial charge in [0.25, 0.3) is 0 Å². The van der Waals surface area contributed by atoms with Crippen LogP contribution in [-0.2, 0) is 11.3 Å². The van der Waals surface area contributed by atoms with Crippen LogP contribution in [0.5, 0.6) is 0 Å². The van der Waals surface area contributed by atoms with Crippen LogP contribution in [0.15, 0.2) is 30.3 Å². The lowest BCUT2D eigenvalue weighted by atomic mass is 9.95. The van der Waals surface area contributed by atoms with Crippen molar-refractivity contribution in [3.05, 3.63) is 35.9 Å². The van der Waals surface area contributed by atoms with Crippen LogP contribution >= 0.6 is 0 Å². The molecule has 2 aliphatic heterocycles. The molecular weight excluding hydrogens is 264 g/mol. The average Bonchev–Trinajstić information content (AvgIpc) is 2.99. The van der Waals surface area contributed by atoms with Gasteiger partial charge >= 0.3 is 0 Å². The molecule has 0 saturated carbocycles. The molecule has 1 aromatic carbocycles. The Kier molecular flexibility index (Phi) is 4.91. The van der Waals surface area contributed by atoms with Gasteiger partial charge in [0.05, 0.1) is 18.8 Å². The van der Waals surface area contributed by atoms with E-state index in [1.165, 1.54) is 5.56 Å². The summed E-state index contributed by atoms with van der Waals surface area (Å²) in [6.45, 7) is 4.87. The van der Waals surface area contributed by atoms with Gasteiger partial charge in [0.1, 0.15) is 0 Å². The first kappa shape index (κ1) is 15.0. The number of nitrogens with zero attached hydrogens (tertiary/aromatic N) is 1. The molecule has 1 aromatic rings. The summed E-state index contributed by atoms with van der Waals surface area (Å²) in [6, 6.07) is 11.2. The molecule has 21 heavy (non-hydrogen) atoms. The minimum absolute atomic E-state index is 0.178. The first-order valence-corrected chi connectivity index (χ1v) is 8.02. The van der Waals surface area contributed by atoms with E-state index in [2.05, 4.69) is 40.5 Å². The summed E-state index contributed by atoms with van der Waals surface area (Å²) in [5, 5.41) is 13.3. The Labute approximate surface area is 127 Å². The fourth-order valence-electron chi connectivity index (χ4n) is 3.40. The minimum atomic E-state index is -0.188. The van der Waals surface area contributed by atoms with Crippen molar-refractivity contribution >= 4 is 0 Å². The molecule has 2 saturated heterocycles. The van der Waals surface area contributed by atoms with Crippen LogP contribution in [0.4, 0.5) is 0 Å². The van der Waals surface area contributed by atoms with Crippen molar-refractivity contribution in [1.29, 1.82) is 0 Å². The van der Waals surface area contributed by atoms with Crippen LogP contribution in [0.1, 0.15) is 24.8 Å². The van der Waals surface area contributed by atoms with Gasteiger partial charge in [-0.25, -0.2) is 0 Å². The number of nitrogens with one attached hydrogen (secondary N) is 1. The van der Waals surface area contributed by atoms with E-state index in [1.807, 2.05) is 0 Å². The highest BCUT2D eigenvalue weighted by Crippen LogP contribution is 2.22. The Bertz CT molecular complexity index is 424. The molecule has 1 atom stereocenters. The lowest BCUT2D eigenvalue weighted by molar-refractivity contribution is 0.0960. The van der Waals surface area contributed by atoms with Gasteiger partial charge in [-0.3, -0.25) is 4.90 Å². The molecule has 0 aromatic heterocycles. The number of likely N-dealkylation sites (tertiary alicyclic amines) is 1. The van der Waals surface area contributed by atoms with Crippen LogP contribution in [0.2, 0.25) is 0 Å². The van der Waals surface area contributed by atoms with Crippen molar-refractivity contribution in [1.82, 2.24) is 10.2 Å². The Balaban J connectivity index is 1.47. The summed E-state index contributed by atoms with van der Waals surface area (Å²) >= 11 is 0. The molecule has 2 N–H and O–H groups in total. The molecule has 2 aliphatic rings. The molecule has 116 valence electrons. The van der Waals surface area contributed by atoms with Crippen LogP contribution in [-0.4, -0.2) is 54.5 Å². The number of piperidine rings is 1. The van der Waals surface area contributed by atoms with Crippen LogP contribution in [0, 0.1) is 0 Å². The molecule has 0 aliphatic carbocycles. The summed E-state index contributed by atoms with van der Waals surface area (Å²) in [6.07, 6.45) is 3.22. The van der Waals surface area contributed by atoms with Crippen molar-refractivity contribution < 1.29 is 9.84 Å². The Morgan fingerprint density at radius 2 is 2.00 bits per heavy atom. The normalized spacial score (nSPS) is 28.0. The molecular formula is C17H26N2O2. The second kappa shape index (κ2) is 6.88. The molecule has 0 radical (unpaired) electrons. The van der Waals surface area contributed by atoms with Gasteiger partial charge in [-0.1, -0.05) is 30.3 Å². The topological polar surface area (TPSA) is 44.7 Å². The van der Waals surface area contributed by atoms with Gasteiger partial charge in [-0.15, -0.1) is 0 Å². The van der Waals surface area contributed by atoms with Gasteiger partial charge in [-0.2, -0.15) is 0 Å². The Morgan fingerprint density at radius 1 is 1.24 bits per heavy atom. The van der Waals surface area contributed by atoms with E-state index in [1.54, 1.807) is 0 Å². The summed E-state index contributed by atoms with van der Waals surface area (Å²) < 4.78 is 5.46. The number of aliphatic hydroxyl groups is 1. The maximum absolute atomic E-state index is 9.64. The third-order valence-electron chi connectivity index (χ3n) is 4.75. The first-order chi connectivity index (χ1) is 10.3. The highest BCUT2D eigenvalue weighted by molar-refractivity contribution is 5.14. The van der Waals surface area contributed by atoms with Crippen molar-refractivity contribution in [2.75, 3.05) is 32.9 Å². The van der Waals surface area contributed by atoms with Gasteiger partial charge in [0.15, 0.2) is 0 Å². The molecule has 4 heteroatoms. The van der Waals surface area contributed by atoms with Crippen LogP contribution in [0.25, 0.3) is 0 Å². The second-order valence-corrected chi connectivity index (χ2v) is 6.42. The van der Waals surface area contributed by atoms with E-state index < -0.39 is 0 Å². The van der Waals surface area contributed by atoms with E-state index in [0.29, 0.717) is 12.6 Å². The van der Waals surface area contributed by atoms with Gasteiger partial charge in [0.2, 0.25) is 0 Å². The zero-order valence-corrected chi connectivity index (χ0v) is 12.6. The number of benzene rings is 1. The molecule has 1 unspecified atom stereocenters. The maximum atomic E-state index is 9.64. The summed E-state index contributed by atoms with van der Waals surface area (Å²) in [7, 11) is 0. The van der Waals surface area contributed by atoms with E-state index >= 15 is 0 Å². The number of ether oxygens (including phenoxy) is 1. The minimum Gasteiger partial charge on any atom is -0.394 e. The van der Waals surface area contributed by atoms with E-state index in [9.17, 15) is 5.11 Å². The zero-order chi connectivity index (χ0) is 14.5. The van der Waals surface area contributed by atoms with Crippen molar-refractivity contribution in [2.24, 2.45) is 0 Å². The molecule has 2 fully saturated rings. The second-order valence-electron chi connectivity index (χ2n) is 6.42. The standard InChI is InChI=1S/C17H26N2O2/c20-13-17(8-11-21-14-17)18-16-6-9-19(10-7-16)12-15-4-2-1-3-5-15/h1-5,16,18,20H,6-14H2. The number of hydrogen-bond donors (Lipinski definition) is 2. The Morgan fingerprint density at radius 3 is 2.62 bits per heavy atom. The third-order valence-corrected chi connectivity index (χ3v) is 4.75. The molecule has 0 amide bonds. The summed E-state index contributed by atoms with van der Waals surface area (Å²) in [5.74, 6) is 0. The van der Waals surface area contributed by atoms with Crippen molar-refractivity contribution in [2.45, 2.75) is 37.4 Å². The lowest BCUT2D eigenvalue weighted by Crippen LogP contribution is -2.56. The lowest BCUT2D eigenvalue weighted by Gasteiger charge is -2.37. The largest absolute Gasteiger partial charge is 0.394 e. The average molecular weight is 290 g/mol. The first-order valence-electron chi connectivity index (χ1n) is 8.02. The number of aliphatic hydroxyl groups excluding tert-OH is 1. The predicted octanol–water partition coefficient (Wildman–Crippen LogP) is 1.39. The molecule has 4 nitrogen and oxygen atoms in total. The molecule has 0 bridgehead atoms. The smallest absolute Gasteiger partial charge is 0.0675 e. The van der Waals surface area contributed by atoms with E-state index in [-0.39, 0.29) is 12.1 Å². The maximum Gasteiger partial charge on any atom is 0.0675 e. The third kappa shape index (κ3) is 3.83. The van der Waals surface area contributed by atoms with Gasteiger partial charge < -0.3 is 15.2 Å². The highest BCUT2D eigenvalue weighted by atomic mass is 16.5. The molecule has 2 heterocycles. The highest BCUT2D eigenvalue weighted by Gasteiger charge is 2.36. The SMILES string of the molecule is OCC1(NC2CCN(Cc3ccccc3)CC2)CCOC1. The monoisotopic (exact) mass is 290 g/mol. The van der Waals surface area contributed by atoms with Crippen LogP contribution in [0.3, 0.4) is 0 Å². The summed E-state index contributed by atoms with van der Waals surface area (Å²) in [5.41, 5.74) is 1.20. The van der Waals surface area contributed by atoms with Gasteiger partial charge in [0, 0.05) is 19.2 Å². The van der Waals surface area contributed by atoms with Crippen molar-refractivity contribution in [3.63, 3.8) is 0 Å².